The lowest BCUT2D eigenvalue weighted by Crippen LogP contribution is -2.35. The molecule has 1 aliphatic heterocycles. The van der Waals surface area contributed by atoms with Gasteiger partial charge in [-0.15, -0.1) is 12.4 Å². The first kappa shape index (κ1) is 19.3. The van der Waals surface area contributed by atoms with E-state index in [1.54, 1.807) is 0 Å². The number of anilines is 1. The van der Waals surface area contributed by atoms with Gasteiger partial charge < -0.3 is 15.7 Å². The van der Waals surface area contributed by atoms with Gasteiger partial charge in [-0.05, 0) is 35.8 Å². The summed E-state index contributed by atoms with van der Waals surface area (Å²) < 4.78 is 0. The standard InChI is InChI=1S/C16H24N2O2S.ClH/c1-10(2)21-9-12-5-4-6-14(11(12)3)18-16(20)15-7-13(19)8-17-15;/h4-6,10,13,15,17,19H,7-9H2,1-3H3,(H,18,20);1H. The lowest BCUT2D eigenvalue weighted by Gasteiger charge is -2.15. The maximum Gasteiger partial charge on any atom is 0.241 e. The highest BCUT2D eigenvalue weighted by molar-refractivity contribution is 7.99. The summed E-state index contributed by atoms with van der Waals surface area (Å²) >= 11 is 1.89. The first-order valence-electron chi connectivity index (χ1n) is 7.39. The van der Waals surface area contributed by atoms with Crippen molar-refractivity contribution in [1.29, 1.82) is 0 Å². The van der Waals surface area contributed by atoms with E-state index in [0.717, 1.165) is 17.0 Å². The molecule has 1 saturated heterocycles. The molecule has 2 atom stereocenters. The van der Waals surface area contributed by atoms with Gasteiger partial charge in [0, 0.05) is 18.0 Å². The predicted molar refractivity (Wildman–Crippen MR) is 95.9 cm³/mol. The van der Waals surface area contributed by atoms with Gasteiger partial charge in [-0.1, -0.05) is 26.0 Å². The molecule has 0 saturated carbocycles. The van der Waals surface area contributed by atoms with Gasteiger partial charge in [-0.3, -0.25) is 4.79 Å². The molecule has 0 spiro atoms. The molecule has 1 aromatic rings. The Kier molecular flexibility index (Phi) is 7.69. The lowest BCUT2D eigenvalue weighted by molar-refractivity contribution is -0.117. The molecule has 0 aromatic heterocycles. The van der Waals surface area contributed by atoms with Crippen molar-refractivity contribution in [2.45, 2.75) is 50.3 Å². The number of aliphatic hydroxyl groups excluding tert-OH is 1. The third-order valence-corrected chi connectivity index (χ3v) is 4.84. The van der Waals surface area contributed by atoms with Crippen LogP contribution in [0.1, 0.15) is 31.4 Å². The molecule has 22 heavy (non-hydrogen) atoms. The number of carbonyl (C=O) groups is 1. The van der Waals surface area contributed by atoms with Crippen LogP contribution in [0, 0.1) is 6.92 Å². The van der Waals surface area contributed by atoms with Crippen LogP contribution in [-0.2, 0) is 10.5 Å². The number of thioether (sulfide) groups is 1. The van der Waals surface area contributed by atoms with Gasteiger partial charge in [0.1, 0.15) is 0 Å². The molecule has 2 rings (SSSR count). The molecule has 4 nitrogen and oxygen atoms in total. The average Bonchev–Trinajstić information content (AvgIpc) is 2.86. The zero-order chi connectivity index (χ0) is 15.4. The van der Waals surface area contributed by atoms with Crippen molar-refractivity contribution < 1.29 is 9.90 Å². The minimum Gasteiger partial charge on any atom is -0.392 e. The molecule has 1 heterocycles. The number of halogens is 1. The van der Waals surface area contributed by atoms with Crippen molar-refractivity contribution in [2.24, 2.45) is 0 Å². The zero-order valence-electron chi connectivity index (χ0n) is 13.3. The number of aliphatic hydroxyl groups is 1. The maximum absolute atomic E-state index is 12.2. The van der Waals surface area contributed by atoms with E-state index in [-0.39, 0.29) is 24.4 Å². The number of β-amino-alcohol motifs (C(OH)–C–C–N with tert-alkyl or cyclic N) is 1. The van der Waals surface area contributed by atoms with Crippen molar-refractivity contribution in [3.05, 3.63) is 29.3 Å². The Bertz CT molecular complexity index is 511. The molecule has 0 aliphatic carbocycles. The monoisotopic (exact) mass is 344 g/mol. The number of benzene rings is 1. The van der Waals surface area contributed by atoms with Gasteiger partial charge in [0.2, 0.25) is 5.91 Å². The van der Waals surface area contributed by atoms with Crippen LogP contribution in [0.3, 0.4) is 0 Å². The second-order valence-electron chi connectivity index (χ2n) is 5.79. The van der Waals surface area contributed by atoms with E-state index in [4.69, 9.17) is 0 Å². The van der Waals surface area contributed by atoms with E-state index in [0.29, 0.717) is 18.2 Å². The van der Waals surface area contributed by atoms with Crippen molar-refractivity contribution >= 4 is 35.8 Å². The third kappa shape index (κ3) is 5.16. The maximum atomic E-state index is 12.2. The quantitative estimate of drug-likeness (QED) is 0.768. The van der Waals surface area contributed by atoms with Crippen LogP contribution < -0.4 is 10.6 Å². The number of carbonyl (C=O) groups excluding carboxylic acids is 1. The molecule has 124 valence electrons. The minimum absolute atomic E-state index is 0. The molecule has 1 aliphatic rings. The van der Waals surface area contributed by atoms with Crippen LogP contribution in [0.5, 0.6) is 0 Å². The molecule has 1 fully saturated rings. The van der Waals surface area contributed by atoms with E-state index in [1.165, 1.54) is 5.56 Å². The topological polar surface area (TPSA) is 61.4 Å². The van der Waals surface area contributed by atoms with E-state index in [2.05, 4.69) is 30.5 Å². The summed E-state index contributed by atoms with van der Waals surface area (Å²) in [6.45, 7) is 6.90. The normalized spacial score (nSPS) is 20.8. The van der Waals surface area contributed by atoms with Crippen LogP contribution in [0.4, 0.5) is 5.69 Å². The highest BCUT2D eigenvalue weighted by Gasteiger charge is 2.28. The molecule has 0 bridgehead atoms. The molecule has 0 radical (unpaired) electrons. The van der Waals surface area contributed by atoms with Gasteiger partial charge in [0.05, 0.1) is 12.1 Å². The highest BCUT2D eigenvalue weighted by Crippen LogP contribution is 2.25. The van der Waals surface area contributed by atoms with Gasteiger partial charge in [-0.2, -0.15) is 11.8 Å². The Morgan fingerprint density at radius 2 is 2.23 bits per heavy atom. The summed E-state index contributed by atoms with van der Waals surface area (Å²) in [6.07, 6.45) is 0.0592. The number of hydrogen-bond donors (Lipinski definition) is 3. The Hall–Kier alpha value is -0.750. The molecule has 1 aromatic carbocycles. The largest absolute Gasteiger partial charge is 0.392 e. The van der Waals surface area contributed by atoms with Crippen molar-refractivity contribution in [1.82, 2.24) is 5.32 Å². The molecule has 6 heteroatoms. The SMILES string of the molecule is Cc1c(CSC(C)C)cccc1NC(=O)C1CC(O)CN1.Cl. The van der Waals surface area contributed by atoms with Gasteiger partial charge in [0.25, 0.3) is 0 Å². The highest BCUT2D eigenvalue weighted by atomic mass is 35.5. The van der Waals surface area contributed by atoms with Crippen LogP contribution in [0.25, 0.3) is 0 Å². The predicted octanol–water partition coefficient (Wildman–Crippen LogP) is 2.72. The van der Waals surface area contributed by atoms with Crippen molar-refractivity contribution in [3.63, 3.8) is 0 Å². The average molecular weight is 345 g/mol. The van der Waals surface area contributed by atoms with Crippen LogP contribution in [-0.4, -0.2) is 35.0 Å². The molecule has 2 unspecified atom stereocenters. The summed E-state index contributed by atoms with van der Waals surface area (Å²) in [5.41, 5.74) is 3.24. The van der Waals surface area contributed by atoms with Crippen molar-refractivity contribution in [2.75, 3.05) is 11.9 Å². The molecular weight excluding hydrogens is 320 g/mol. The first-order chi connectivity index (χ1) is 9.97. The third-order valence-electron chi connectivity index (χ3n) is 3.70. The van der Waals surface area contributed by atoms with E-state index < -0.39 is 6.10 Å². The number of rotatable bonds is 5. The molecule has 3 N–H and O–H groups in total. The van der Waals surface area contributed by atoms with Crippen LogP contribution >= 0.6 is 24.2 Å². The summed E-state index contributed by atoms with van der Waals surface area (Å²) in [5.74, 6) is 0.886. The summed E-state index contributed by atoms with van der Waals surface area (Å²) in [6, 6.07) is 5.73. The fraction of sp³-hybridized carbons (Fsp3) is 0.562. The van der Waals surface area contributed by atoms with Gasteiger partial charge in [-0.25, -0.2) is 0 Å². The van der Waals surface area contributed by atoms with Crippen LogP contribution in [0.2, 0.25) is 0 Å². The summed E-state index contributed by atoms with van der Waals surface area (Å²) in [4.78, 5) is 12.2. The van der Waals surface area contributed by atoms with E-state index >= 15 is 0 Å². The number of nitrogens with one attached hydrogen (secondary N) is 2. The second kappa shape index (κ2) is 8.77. The number of hydrogen-bond acceptors (Lipinski definition) is 4. The Morgan fingerprint density at radius 3 is 2.82 bits per heavy atom. The zero-order valence-corrected chi connectivity index (χ0v) is 14.9. The Labute approximate surface area is 142 Å². The first-order valence-corrected chi connectivity index (χ1v) is 8.44. The fourth-order valence-corrected chi connectivity index (χ4v) is 3.19. The smallest absolute Gasteiger partial charge is 0.241 e. The Balaban J connectivity index is 0.00000242. The summed E-state index contributed by atoms with van der Waals surface area (Å²) in [7, 11) is 0. The van der Waals surface area contributed by atoms with Crippen molar-refractivity contribution in [3.8, 4) is 0 Å². The number of amides is 1. The van der Waals surface area contributed by atoms with Gasteiger partial charge in [0.15, 0.2) is 0 Å². The Morgan fingerprint density at radius 1 is 1.50 bits per heavy atom. The minimum atomic E-state index is -0.421. The van der Waals surface area contributed by atoms with Crippen LogP contribution in [0.15, 0.2) is 18.2 Å². The fourth-order valence-electron chi connectivity index (χ4n) is 2.37. The second-order valence-corrected chi connectivity index (χ2v) is 7.35. The summed E-state index contributed by atoms with van der Waals surface area (Å²) in [5, 5.41) is 16.1. The lowest BCUT2D eigenvalue weighted by atomic mass is 10.1. The van der Waals surface area contributed by atoms with E-state index in [9.17, 15) is 9.90 Å². The molecular formula is C16H25ClN2O2S. The van der Waals surface area contributed by atoms with E-state index in [1.807, 2.05) is 30.8 Å². The molecule has 1 amide bonds. The van der Waals surface area contributed by atoms with Gasteiger partial charge >= 0.3 is 0 Å².